The van der Waals surface area contributed by atoms with E-state index in [1.54, 1.807) is 6.07 Å². The smallest absolute Gasteiger partial charge is 0.137 e. The summed E-state index contributed by atoms with van der Waals surface area (Å²) in [6.45, 7) is 3.71. The summed E-state index contributed by atoms with van der Waals surface area (Å²) in [5, 5.41) is 8.87. The summed E-state index contributed by atoms with van der Waals surface area (Å²) in [5.41, 5.74) is 6.43. The van der Waals surface area contributed by atoms with E-state index in [1.165, 1.54) is 17.8 Å². The normalized spacial score (nSPS) is 15.0. The lowest BCUT2D eigenvalue weighted by atomic mass is 10.1. The van der Waals surface area contributed by atoms with Crippen LogP contribution in [0.4, 0.5) is 4.39 Å². The first-order valence-corrected chi connectivity index (χ1v) is 5.75. The third-order valence-electron chi connectivity index (χ3n) is 2.07. The van der Waals surface area contributed by atoms with Crippen molar-refractivity contribution in [3.8, 4) is 0 Å². The van der Waals surface area contributed by atoms with Crippen LogP contribution in [-0.4, -0.2) is 17.0 Å². The highest BCUT2D eigenvalue weighted by Gasteiger charge is 2.09. The maximum absolute atomic E-state index is 13.5. The van der Waals surface area contributed by atoms with E-state index in [-0.39, 0.29) is 23.7 Å². The molecule has 4 heteroatoms. The van der Waals surface area contributed by atoms with E-state index in [0.717, 1.165) is 5.56 Å². The molecule has 3 N–H and O–H groups in total. The molecule has 15 heavy (non-hydrogen) atoms. The van der Waals surface area contributed by atoms with Crippen LogP contribution in [-0.2, 0) is 0 Å². The van der Waals surface area contributed by atoms with Gasteiger partial charge >= 0.3 is 0 Å². The fourth-order valence-electron chi connectivity index (χ4n) is 1.15. The number of nitrogens with two attached hydrogens (primary N) is 1. The number of hydrogen-bond acceptors (Lipinski definition) is 3. The topological polar surface area (TPSA) is 46.2 Å². The number of rotatable bonds is 4. The van der Waals surface area contributed by atoms with Gasteiger partial charge in [-0.25, -0.2) is 4.39 Å². The molecule has 0 spiro atoms. The SMILES string of the molecule is CC(CO)Sc1ccc(C(C)N)cc1F. The zero-order valence-electron chi connectivity index (χ0n) is 8.90. The van der Waals surface area contributed by atoms with Crippen molar-refractivity contribution in [2.24, 2.45) is 5.73 Å². The highest BCUT2D eigenvalue weighted by atomic mass is 32.2. The summed E-state index contributed by atoms with van der Waals surface area (Å²) >= 11 is 1.32. The van der Waals surface area contributed by atoms with Gasteiger partial charge in [-0.15, -0.1) is 11.8 Å². The molecule has 0 aromatic heterocycles. The van der Waals surface area contributed by atoms with Crippen molar-refractivity contribution in [3.63, 3.8) is 0 Å². The fourth-order valence-corrected chi connectivity index (χ4v) is 1.98. The number of hydrogen-bond donors (Lipinski definition) is 2. The lowest BCUT2D eigenvalue weighted by Gasteiger charge is -2.11. The van der Waals surface area contributed by atoms with Gasteiger partial charge in [0.05, 0.1) is 6.61 Å². The molecule has 0 bridgehead atoms. The minimum Gasteiger partial charge on any atom is -0.395 e. The summed E-state index contributed by atoms with van der Waals surface area (Å²) in [6.07, 6.45) is 0. The van der Waals surface area contributed by atoms with Crippen LogP contribution >= 0.6 is 11.8 Å². The summed E-state index contributed by atoms with van der Waals surface area (Å²) in [7, 11) is 0. The van der Waals surface area contributed by atoms with Gasteiger partial charge in [-0.2, -0.15) is 0 Å². The fraction of sp³-hybridized carbons (Fsp3) is 0.455. The van der Waals surface area contributed by atoms with E-state index in [4.69, 9.17) is 10.8 Å². The van der Waals surface area contributed by atoms with Gasteiger partial charge in [-0.1, -0.05) is 13.0 Å². The molecule has 0 amide bonds. The predicted octanol–water partition coefficient (Wildman–Crippen LogP) is 2.32. The van der Waals surface area contributed by atoms with Crippen LogP contribution in [0.2, 0.25) is 0 Å². The second-order valence-corrected chi connectivity index (χ2v) is 5.07. The Labute approximate surface area is 93.7 Å². The minimum atomic E-state index is -0.268. The van der Waals surface area contributed by atoms with Crippen molar-refractivity contribution in [1.82, 2.24) is 0 Å². The third kappa shape index (κ3) is 3.48. The number of aliphatic hydroxyl groups is 1. The van der Waals surface area contributed by atoms with Crippen LogP contribution in [0.15, 0.2) is 23.1 Å². The van der Waals surface area contributed by atoms with E-state index in [0.29, 0.717) is 4.90 Å². The first-order valence-electron chi connectivity index (χ1n) is 4.87. The van der Waals surface area contributed by atoms with E-state index >= 15 is 0 Å². The Kier molecular flexibility index (Phi) is 4.57. The first-order chi connectivity index (χ1) is 7.04. The highest BCUT2D eigenvalue weighted by molar-refractivity contribution is 8.00. The molecule has 2 unspecified atom stereocenters. The summed E-state index contributed by atoms with van der Waals surface area (Å²) in [4.78, 5) is 0.556. The van der Waals surface area contributed by atoms with Gasteiger partial charge in [0, 0.05) is 16.2 Å². The Morgan fingerprint density at radius 3 is 2.60 bits per heavy atom. The Balaban J connectivity index is 2.83. The quantitative estimate of drug-likeness (QED) is 0.779. The van der Waals surface area contributed by atoms with Gasteiger partial charge in [-0.3, -0.25) is 0 Å². The molecule has 84 valence electrons. The molecular weight excluding hydrogens is 213 g/mol. The van der Waals surface area contributed by atoms with Crippen molar-refractivity contribution in [3.05, 3.63) is 29.6 Å². The van der Waals surface area contributed by atoms with Gasteiger partial charge in [0.25, 0.3) is 0 Å². The second-order valence-electron chi connectivity index (χ2n) is 3.59. The summed E-state index contributed by atoms with van der Waals surface area (Å²) in [5.74, 6) is -0.268. The van der Waals surface area contributed by atoms with Crippen LogP contribution in [0.5, 0.6) is 0 Å². The van der Waals surface area contributed by atoms with Crippen molar-refractivity contribution < 1.29 is 9.50 Å². The molecule has 0 radical (unpaired) electrons. The van der Waals surface area contributed by atoms with E-state index in [2.05, 4.69) is 0 Å². The number of benzene rings is 1. The molecule has 1 aromatic rings. The van der Waals surface area contributed by atoms with E-state index in [1.807, 2.05) is 19.9 Å². The molecule has 2 nitrogen and oxygen atoms in total. The Bertz CT molecular complexity index is 330. The number of halogens is 1. The Morgan fingerprint density at radius 1 is 1.47 bits per heavy atom. The molecular formula is C11H16FNOS. The monoisotopic (exact) mass is 229 g/mol. The first kappa shape index (κ1) is 12.5. The molecule has 1 rings (SSSR count). The Morgan fingerprint density at radius 2 is 2.13 bits per heavy atom. The maximum atomic E-state index is 13.5. The van der Waals surface area contributed by atoms with Gasteiger partial charge in [-0.05, 0) is 24.6 Å². The van der Waals surface area contributed by atoms with Crippen molar-refractivity contribution in [2.45, 2.75) is 30.0 Å². The van der Waals surface area contributed by atoms with Gasteiger partial charge in [0.1, 0.15) is 5.82 Å². The van der Waals surface area contributed by atoms with Crippen molar-refractivity contribution in [2.75, 3.05) is 6.61 Å². The van der Waals surface area contributed by atoms with E-state index in [9.17, 15) is 4.39 Å². The standard InChI is InChI=1S/C11H16FNOS/c1-7(6-14)15-11-4-3-9(8(2)13)5-10(11)12/h3-5,7-8,14H,6,13H2,1-2H3. The average molecular weight is 229 g/mol. The number of aliphatic hydroxyl groups excluding tert-OH is 1. The molecule has 0 saturated carbocycles. The minimum absolute atomic E-state index is 0.000602. The predicted molar refractivity (Wildman–Crippen MR) is 61.4 cm³/mol. The van der Waals surface area contributed by atoms with Crippen LogP contribution < -0.4 is 5.73 Å². The average Bonchev–Trinajstić information content (AvgIpc) is 2.20. The molecule has 0 aliphatic rings. The highest BCUT2D eigenvalue weighted by Crippen LogP contribution is 2.27. The summed E-state index contributed by atoms with van der Waals surface area (Å²) < 4.78 is 13.5. The lowest BCUT2D eigenvalue weighted by molar-refractivity contribution is 0.300. The zero-order chi connectivity index (χ0) is 11.4. The van der Waals surface area contributed by atoms with Crippen LogP contribution in [0.1, 0.15) is 25.5 Å². The van der Waals surface area contributed by atoms with Crippen molar-refractivity contribution in [1.29, 1.82) is 0 Å². The van der Waals surface area contributed by atoms with Crippen molar-refractivity contribution >= 4 is 11.8 Å². The zero-order valence-corrected chi connectivity index (χ0v) is 9.72. The molecule has 0 fully saturated rings. The number of thioether (sulfide) groups is 1. The van der Waals surface area contributed by atoms with Crippen LogP contribution in [0.25, 0.3) is 0 Å². The van der Waals surface area contributed by atoms with Crippen LogP contribution in [0.3, 0.4) is 0 Å². The molecule has 1 aromatic carbocycles. The second kappa shape index (κ2) is 5.49. The van der Waals surface area contributed by atoms with Gasteiger partial charge < -0.3 is 10.8 Å². The summed E-state index contributed by atoms with van der Waals surface area (Å²) in [6, 6.07) is 4.83. The van der Waals surface area contributed by atoms with Gasteiger partial charge in [0.2, 0.25) is 0 Å². The van der Waals surface area contributed by atoms with E-state index < -0.39 is 0 Å². The lowest BCUT2D eigenvalue weighted by Crippen LogP contribution is -2.06. The maximum Gasteiger partial charge on any atom is 0.137 e. The largest absolute Gasteiger partial charge is 0.395 e. The van der Waals surface area contributed by atoms with Crippen LogP contribution in [0, 0.1) is 5.82 Å². The molecule has 0 saturated heterocycles. The molecule has 0 heterocycles. The molecule has 0 aliphatic heterocycles. The third-order valence-corrected chi connectivity index (χ3v) is 3.20. The Hall–Kier alpha value is -0.580. The molecule has 0 aliphatic carbocycles. The van der Waals surface area contributed by atoms with Gasteiger partial charge in [0.15, 0.2) is 0 Å². The molecule has 2 atom stereocenters.